The molecular weight excluding hydrogens is 336 g/mol. The molecule has 3 N–H and O–H groups in total. The fraction of sp³-hybridized carbons (Fsp3) is 0.0667. The number of phenolic OH excluding ortho intramolecular Hbond substituents is 1. The van der Waals surface area contributed by atoms with Crippen molar-refractivity contribution in [2.75, 3.05) is 11.9 Å². The summed E-state index contributed by atoms with van der Waals surface area (Å²) in [6.07, 6.45) is 0. The van der Waals surface area contributed by atoms with Crippen molar-refractivity contribution in [3.8, 4) is 5.75 Å². The van der Waals surface area contributed by atoms with Gasteiger partial charge in [0, 0.05) is 4.47 Å². The van der Waals surface area contributed by atoms with Gasteiger partial charge in [0.15, 0.2) is 0 Å². The monoisotopic (exact) mass is 348 g/mol. The Kier molecular flexibility index (Phi) is 4.94. The molecule has 6 heteroatoms. The van der Waals surface area contributed by atoms with Gasteiger partial charge in [-0.25, -0.2) is 0 Å². The van der Waals surface area contributed by atoms with E-state index in [1.807, 2.05) is 0 Å². The zero-order valence-electron chi connectivity index (χ0n) is 11.0. The predicted octanol–water partition coefficient (Wildman–Crippen LogP) is 2.52. The first-order valence-electron chi connectivity index (χ1n) is 6.18. The second-order valence-corrected chi connectivity index (χ2v) is 5.08. The zero-order valence-corrected chi connectivity index (χ0v) is 12.6. The molecule has 0 aromatic heterocycles. The lowest BCUT2D eigenvalue weighted by Gasteiger charge is -2.09. The van der Waals surface area contributed by atoms with E-state index in [0.29, 0.717) is 15.7 Å². The number of carbonyl (C=O) groups excluding carboxylic acids is 2. The van der Waals surface area contributed by atoms with Crippen LogP contribution in [0.15, 0.2) is 53.0 Å². The summed E-state index contributed by atoms with van der Waals surface area (Å²) >= 11 is 3.27. The molecule has 0 saturated heterocycles. The van der Waals surface area contributed by atoms with E-state index in [1.54, 1.807) is 42.5 Å². The number of amides is 2. The van der Waals surface area contributed by atoms with Crippen molar-refractivity contribution in [2.24, 2.45) is 0 Å². The van der Waals surface area contributed by atoms with Gasteiger partial charge in [-0.15, -0.1) is 0 Å². The lowest BCUT2D eigenvalue weighted by atomic mass is 10.2. The van der Waals surface area contributed by atoms with Crippen LogP contribution >= 0.6 is 15.9 Å². The Morgan fingerprint density at radius 2 is 1.71 bits per heavy atom. The fourth-order valence-corrected chi connectivity index (χ4v) is 2.14. The molecule has 0 aliphatic rings. The third-order valence-corrected chi connectivity index (χ3v) is 3.40. The molecule has 0 radical (unpaired) electrons. The molecule has 2 aromatic rings. The Morgan fingerprint density at radius 3 is 2.43 bits per heavy atom. The number of hydrogen-bond donors (Lipinski definition) is 3. The molecule has 0 aliphatic carbocycles. The molecule has 0 bridgehead atoms. The van der Waals surface area contributed by atoms with Crippen molar-refractivity contribution in [1.82, 2.24) is 5.32 Å². The fourth-order valence-electron chi connectivity index (χ4n) is 1.67. The van der Waals surface area contributed by atoms with E-state index in [4.69, 9.17) is 0 Å². The minimum atomic E-state index is -0.420. The van der Waals surface area contributed by atoms with Crippen LogP contribution in [0.5, 0.6) is 5.75 Å². The second kappa shape index (κ2) is 6.90. The van der Waals surface area contributed by atoms with Crippen molar-refractivity contribution in [3.05, 3.63) is 58.6 Å². The van der Waals surface area contributed by atoms with Crippen LogP contribution in [0.4, 0.5) is 5.69 Å². The first-order valence-corrected chi connectivity index (χ1v) is 6.98. The van der Waals surface area contributed by atoms with Crippen LogP contribution in [0, 0.1) is 0 Å². The van der Waals surface area contributed by atoms with Crippen molar-refractivity contribution < 1.29 is 14.7 Å². The molecule has 2 aromatic carbocycles. The van der Waals surface area contributed by atoms with E-state index in [-0.39, 0.29) is 18.2 Å². The second-order valence-electron chi connectivity index (χ2n) is 4.23. The highest BCUT2D eigenvalue weighted by molar-refractivity contribution is 9.10. The summed E-state index contributed by atoms with van der Waals surface area (Å²) < 4.78 is 0.656. The predicted molar refractivity (Wildman–Crippen MR) is 83.2 cm³/mol. The number of para-hydroxylation sites is 2. The van der Waals surface area contributed by atoms with Gasteiger partial charge in [-0.2, -0.15) is 0 Å². The summed E-state index contributed by atoms with van der Waals surface area (Å²) in [5.74, 6) is -0.796. The summed E-state index contributed by atoms with van der Waals surface area (Å²) in [4.78, 5) is 23.7. The molecule has 0 atom stereocenters. The first kappa shape index (κ1) is 15.1. The minimum absolute atomic E-state index is 0.0250. The van der Waals surface area contributed by atoms with Gasteiger partial charge in [0.05, 0.1) is 17.8 Å². The highest BCUT2D eigenvalue weighted by atomic mass is 79.9. The number of hydrogen-bond acceptors (Lipinski definition) is 3. The van der Waals surface area contributed by atoms with Crippen molar-refractivity contribution in [3.63, 3.8) is 0 Å². The van der Waals surface area contributed by atoms with Gasteiger partial charge >= 0.3 is 0 Å². The van der Waals surface area contributed by atoms with Gasteiger partial charge in [0.25, 0.3) is 5.91 Å². The van der Waals surface area contributed by atoms with Gasteiger partial charge < -0.3 is 15.7 Å². The van der Waals surface area contributed by atoms with E-state index in [9.17, 15) is 14.7 Å². The minimum Gasteiger partial charge on any atom is -0.506 e. The quantitative estimate of drug-likeness (QED) is 0.743. The average molecular weight is 349 g/mol. The molecule has 0 unspecified atom stereocenters. The summed E-state index contributed by atoms with van der Waals surface area (Å²) in [7, 11) is 0. The summed E-state index contributed by atoms with van der Waals surface area (Å²) in [5.41, 5.74) is 0.755. The van der Waals surface area contributed by atoms with Crippen LogP contribution in [-0.4, -0.2) is 23.5 Å². The number of halogens is 1. The third-order valence-electron chi connectivity index (χ3n) is 2.71. The number of carbonyl (C=O) groups is 2. The maximum atomic E-state index is 11.9. The number of benzene rings is 2. The molecule has 0 fully saturated rings. The summed E-state index contributed by atoms with van der Waals surface area (Å²) in [6, 6.07) is 13.3. The van der Waals surface area contributed by atoms with Crippen LogP contribution in [-0.2, 0) is 4.79 Å². The van der Waals surface area contributed by atoms with Crippen LogP contribution in [0.25, 0.3) is 0 Å². The van der Waals surface area contributed by atoms with Crippen molar-refractivity contribution >= 4 is 33.4 Å². The topological polar surface area (TPSA) is 78.4 Å². The van der Waals surface area contributed by atoms with Crippen molar-refractivity contribution in [1.29, 1.82) is 0 Å². The smallest absolute Gasteiger partial charge is 0.252 e. The van der Waals surface area contributed by atoms with Crippen LogP contribution in [0.3, 0.4) is 0 Å². The number of rotatable bonds is 4. The van der Waals surface area contributed by atoms with Gasteiger partial charge in [-0.1, -0.05) is 24.3 Å². The normalized spacial score (nSPS) is 9.95. The van der Waals surface area contributed by atoms with Crippen LogP contribution in [0.1, 0.15) is 10.4 Å². The maximum absolute atomic E-state index is 11.9. The Hall–Kier alpha value is -2.34. The first-order chi connectivity index (χ1) is 10.1. The molecule has 0 spiro atoms. The molecule has 2 amide bonds. The molecule has 21 heavy (non-hydrogen) atoms. The number of nitrogens with one attached hydrogen (secondary N) is 2. The van der Waals surface area contributed by atoms with Crippen LogP contribution < -0.4 is 10.6 Å². The Bertz CT molecular complexity index is 673. The summed E-state index contributed by atoms with van der Waals surface area (Å²) in [5, 5.41) is 14.6. The Balaban J connectivity index is 1.91. The molecule has 2 rings (SSSR count). The molecule has 5 nitrogen and oxygen atoms in total. The standard InChI is InChI=1S/C15H13BrN2O3/c16-11-6-2-1-5-10(11)15(21)17-9-14(20)18-12-7-3-4-8-13(12)19/h1-8,19H,9H2,(H,17,21)(H,18,20). The largest absolute Gasteiger partial charge is 0.506 e. The lowest BCUT2D eigenvalue weighted by Crippen LogP contribution is -2.33. The molecule has 0 saturated carbocycles. The molecule has 0 aliphatic heterocycles. The van der Waals surface area contributed by atoms with E-state index < -0.39 is 5.91 Å². The van der Waals surface area contributed by atoms with Gasteiger partial charge in [0.2, 0.25) is 5.91 Å². The lowest BCUT2D eigenvalue weighted by molar-refractivity contribution is -0.115. The number of anilines is 1. The van der Waals surface area contributed by atoms with Gasteiger partial charge in [-0.05, 0) is 40.2 Å². The van der Waals surface area contributed by atoms with Crippen LogP contribution in [0.2, 0.25) is 0 Å². The Morgan fingerprint density at radius 1 is 1.05 bits per heavy atom. The number of phenols is 1. The molecule has 0 heterocycles. The summed E-state index contributed by atoms with van der Waals surface area (Å²) in [6.45, 7) is -0.186. The van der Waals surface area contributed by atoms with Crippen molar-refractivity contribution in [2.45, 2.75) is 0 Å². The maximum Gasteiger partial charge on any atom is 0.252 e. The SMILES string of the molecule is O=C(CNC(=O)c1ccccc1Br)Nc1ccccc1O. The number of aromatic hydroxyl groups is 1. The van der Waals surface area contributed by atoms with Gasteiger partial charge in [-0.3, -0.25) is 9.59 Å². The highest BCUT2D eigenvalue weighted by Crippen LogP contribution is 2.21. The van der Waals surface area contributed by atoms with E-state index in [1.165, 1.54) is 6.07 Å². The third kappa shape index (κ3) is 4.06. The molecular formula is C15H13BrN2O3. The van der Waals surface area contributed by atoms with E-state index >= 15 is 0 Å². The molecule has 108 valence electrons. The van der Waals surface area contributed by atoms with Gasteiger partial charge in [0.1, 0.15) is 5.75 Å². The van der Waals surface area contributed by atoms with E-state index in [2.05, 4.69) is 26.6 Å². The highest BCUT2D eigenvalue weighted by Gasteiger charge is 2.11. The van der Waals surface area contributed by atoms with E-state index in [0.717, 1.165) is 0 Å². The zero-order chi connectivity index (χ0) is 15.2. The average Bonchev–Trinajstić information content (AvgIpc) is 2.48. The Labute approximate surface area is 130 Å².